The van der Waals surface area contributed by atoms with Gasteiger partial charge in [0.2, 0.25) is 0 Å². The molecule has 1 rings (SSSR count). The second kappa shape index (κ2) is 5.03. The first-order valence-electron chi connectivity index (χ1n) is 5.34. The maximum atomic E-state index is 3.51. The fourth-order valence-corrected chi connectivity index (χ4v) is 1.55. The SMILES string of the molecule is [CH2]C#CCc1ccc(CC(C)(C)C)cc1. The van der Waals surface area contributed by atoms with Crippen molar-refractivity contribution in [2.24, 2.45) is 5.41 Å². The maximum absolute atomic E-state index is 3.51. The van der Waals surface area contributed by atoms with Gasteiger partial charge in [-0.3, -0.25) is 0 Å². The second-order valence-corrected chi connectivity index (χ2v) is 5.08. The molecule has 1 radical (unpaired) electrons. The second-order valence-electron chi connectivity index (χ2n) is 5.08. The molecule has 0 unspecified atom stereocenters. The molecule has 0 amide bonds. The average Bonchev–Trinajstić information content (AvgIpc) is 2.14. The van der Waals surface area contributed by atoms with Gasteiger partial charge in [-0.25, -0.2) is 0 Å². The topological polar surface area (TPSA) is 0 Å². The van der Waals surface area contributed by atoms with E-state index in [2.05, 4.69) is 63.8 Å². The van der Waals surface area contributed by atoms with Crippen molar-refractivity contribution in [3.8, 4) is 11.8 Å². The summed E-state index contributed by atoms with van der Waals surface area (Å²) in [6, 6.07) is 8.72. The van der Waals surface area contributed by atoms with E-state index in [9.17, 15) is 0 Å². The zero-order valence-corrected chi connectivity index (χ0v) is 9.93. The third-order valence-corrected chi connectivity index (χ3v) is 2.17. The highest BCUT2D eigenvalue weighted by Crippen LogP contribution is 2.20. The first kappa shape index (κ1) is 11.9. The summed E-state index contributed by atoms with van der Waals surface area (Å²) in [4.78, 5) is 0. The van der Waals surface area contributed by atoms with E-state index in [1.54, 1.807) is 0 Å². The summed E-state index contributed by atoms with van der Waals surface area (Å²) in [6.07, 6.45) is 1.92. The van der Waals surface area contributed by atoms with Gasteiger partial charge in [0.25, 0.3) is 0 Å². The highest BCUT2D eigenvalue weighted by Gasteiger charge is 2.10. The van der Waals surface area contributed by atoms with Crippen molar-refractivity contribution in [2.45, 2.75) is 33.6 Å². The van der Waals surface area contributed by atoms with Crippen LogP contribution in [0, 0.1) is 24.2 Å². The quantitative estimate of drug-likeness (QED) is 0.638. The van der Waals surface area contributed by atoms with E-state index in [0.29, 0.717) is 5.41 Å². The number of rotatable bonds is 2. The van der Waals surface area contributed by atoms with Crippen LogP contribution in [0.4, 0.5) is 0 Å². The Balaban J connectivity index is 2.67. The van der Waals surface area contributed by atoms with Gasteiger partial charge in [-0.05, 0) is 23.0 Å². The molecule has 0 heteroatoms. The van der Waals surface area contributed by atoms with Crippen LogP contribution in [0.5, 0.6) is 0 Å². The summed E-state index contributed by atoms with van der Waals surface area (Å²) in [6.45, 7) is 10.3. The van der Waals surface area contributed by atoms with Crippen molar-refractivity contribution < 1.29 is 0 Å². The van der Waals surface area contributed by atoms with E-state index in [1.165, 1.54) is 11.1 Å². The van der Waals surface area contributed by atoms with Crippen molar-refractivity contribution in [2.75, 3.05) is 0 Å². The Bertz CT molecular complexity index is 352. The smallest absolute Gasteiger partial charge is 0.0340 e. The van der Waals surface area contributed by atoms with Crippen LogP contribution in [0.3, 0.4) is 0 Å². The Kier molecular flexibility index (Phi) is 3.97. The summed E-state index contributed by atoms with van der Waals surface area (Å²) in [5.74, 6) is 5.64. The van der Waals surface area contributed by atoms with Crippen LogP contribution in [-0.4, -0.2) is 0 Å². The van der Waals surface area contributed by atoms with E-state index in [1.807, 2.05) is 0 Å². The molecule has 79 valence electrons. The first-order valence-corrected chi connectivity index (χ1v) is 5.34. The molecule has 0 heterocycles. The summed E-state index contributed by atoms with van der Waals surface area (Å²) >= 11 is 0. The molecule has 0 aliphatic heterocycles. The van der Waals surface area contributed by atoms with Gasteiger partial charge in [-0.15, -0.1) is 5.92 Å². The lowest BCUT2D eigenvalue weighted by Gasteiger charge is -2.18. The van der Waals surface area contributed by atoms with Crippen LogP contribution in [0.25, 0.3) is 0 Å². The fraction of sp³-hybridized carbons (Fsp3) is 0.400. The predicted molar refractivity (Wildman–Crippen MR) is 66.4 cm³/mol. The Labute approximate surface area is 93.7 Å². The number of hydrogen-bond donors (Lipinski definition) is 0. The number of benzene rings is 1. The minimum atomic E-state index is 0.356. The number of hydrogen-bond acceptors (Lipinski definition) is 0. The molecule has 0 spiro atoms. The Hall–Kier alpha value is -1.22. The van der Waals surface area contributed by atoms with E-state index in [4.69, 9.17) is 0 Å². The molecule has 15 heavy (non-hydrogen) atoms. The van der Waals surface area contributed by atoms with E-state index in [-0.39, 0.29) is 0 Å². The van der Waals surface area contributed by atoms with Crippen LogP contribution >= 0.6 is 0 Å². The van der Waals surface area contributed by atoms with Crippen molar-refractivity contribution >= 4 is 0 Å². The Morgan fingerprint density at radius 2 is 1.60 bits per heavy atom. The van der Waals surface area contributed by atoms with Crippen molar-refractivity contribution in [1.29, 1.82) is 0 Å². The lowest BCUT2D eigenvalue weighted by atomic mass is 9.88. The standard InChI is InChI=1S/C15H19/c1-5-6-7-13-8-10-14(11-9-13)12-15(2,3)4/h8-11H,1,7,12H2,2-4H3. The summed E-state index contributed by atoms with van der Waals surface area (Å²) in [5.41, 5.74) is 3.02. The van der Waals surface area contributed by atoms with E-state index < -0.39 is 0 Å². The molecule has 0 aromatic heterocycles. The molecule has 0 N–H and O–H groups in total. The summed E-state index contributed by atoms with van der Waals surface area (Å²) < 4.78 is 0. The maximum Gasteiger partial charge on any atom is 0.0340 e. The van der Waals surface area contributed by atoms with Gasteiger partial charge in [-0.2, -0.15) is 0 Å². The monoisotopic (exact) mass is 199 g/mol. The normalized spacial score (nSPS) is 10.7. The lowest BCUT2D eigenvalue weighted by Crippen LogP contribution is -2.08. The van der Waals surface area contributed by atoms with Gasteiger partial charge in [0.15, 0.2) is 0 Å². The summed E-state index contributed by atoms with van der Waals surface area (Å²) in [5, 5.41) is 0. The van der Waals surface area contributed by atoms with Gasteiger partial charge in [0.1, 0.15) is 0 Å². The molecular weight excluding hydrogens is 180 g/mol. The first-order chi connectivity index (χ1) is 7.01. The highest BCUT2D eigenvalue weighted by atomic mass is 14.2. The molecule has 0 nitrogen and oxygen atoms in total. The van der Waals surface area contributed by atoms with E-state index in [0.717, 1.165) is 12.8 Å². The third-order valence-electron chi connectivity index (χ3n) is 2.17. The fourth-order valence-electron chi connectivity index (χ4n) is 1.55. The molecule has 0 bridgehead atoms. The largest absolute Gasteiger partial charge is 0.102 e. The van der Waals surface area contributed by atoms with E-state index >= 15 is 0 Å². The molecule has 0 aliphatic carbocycles. The molecule has 0 fully saturated rings. The van der Waals surface area contributed by atoms with Gasteiger partial charge >= 0.3 is 0 Å². The summed E-state index contributed by atoms with van der Waals surface area (Å²) in [7, 11) is 0. The Morgan fingerprint density at radius 3 is 2.07 bits per heavy atom. The van der Waals surface area contributed by atoms with Crippen LogP contribution < -0.4 is 0 Å². The van der Waals surface area contributed by atoms with Gasteiger partial charge in [-0.1, -0.05) is 51.0 Å². The molecule has 1 aromatic rings. The molecule has 0 saturated carbocycles. The highest BCUT2D eigenvalue weighted by molar-refractivity contribution is 5.26. The third kappa shape index (κ3) is 4.70. The lowest BCUT2D eigenvalue weighted by molar-refractivity contribution is 0.411. The molecule has 0 atom stereocenters. The minimum absolute atomic E-state index is 0.356. The molecule has 0 saturated heterocycles. The van der Waals surface area contributed by atoms with Crippen LogP contribution in [-0.2, 0) is 12.8 Å². The molecule has 1 aromatic carbocycles. The van der Waals surface area contributed by atoms with Gasteiger partial charge < -0.3 is 0 Å². The van der Waals surface area contributed by atoms with Crippen molar-refractivity contribution in [3.63, 3.8) is 0 Å². The van der Waals surface area contributed by atoms with Crippen LogP contribution in [0.2, 0.25) is 0 Å². The zero-order chi connectivity index (χ0) is 11.3. The molecular formula is C15H19. The van der Waals surface area contributed by atoms with Crippen molar-refractivity contribution in [3.05, 3.63) is 42.3 Å². The minimum Gasteiger partial charge on any atom is -0.102 e. The van der Waals surface area contributed by atoms with Crippen LogP contribution in [0.1, 0.15) is 31.9 Å². The Morgan fingerprint density at radius 1 is 1.07 bits per heavy atom. The van der Waals surface area contributed by atoms with Gasteiger partial charge in [0, 0.05) is 13.3 Å². The van der Waals surface area contributed by atoms with Gasteiger partial charge in [0.05, 0.1) is 0 Å². The zero-order valence-electron chi connectivity index (χ0n) is 9.93. The van der Waals surface area contributed by atoms with Crippen molar-refractivity contribution in [1.82, 2.24) is 0 Å². The average molecular weight is 199 g/mol. The molecule has 0 aliphatic rings. The predicted octanol–water partition coefficient (Wildman–Crippen LogP) is 3.66. The van der Waals surface area contributed by atoms with Crippen LogP contribution in [0.15, 0.2) is 24.3 Å².